The van der Waals surface area contributed by atoms with Crippen LogP contribution in [0.5, 0.6) is 0 Å². The first-order valence-electron chi connectivity index (χ1n) is 4.78. The van der Waals surface area contributed by atoms with E-state index in [4.69, 9.17) is 5.26 Å². The lowest BCUT2D eigenvalue weighted by atomic mass is 9.71. The fourth-order valence-electron chi connectivity index (χ4n) is 3.11. The first kappa shape index (κ1) is 8.07. The highest BCUT2D eigenvalue weighted by molar-refractivity contribution is 5.13. The highest BCUT2D eigenvalue weighted by Crippen LogP contribution is 2.57. The van der Waals surface area contributed by atoms with Crippen LogP contribution in [0.4, 0.5) is 0 Å². The van der Waals surface area contributed by atoms with Gasteiger partial charge in [0.05, 0.1) is 17.6 Å². The Bertz CT molecular complexity index is 230. The standard InChI is InChI=1S/C10H15NO/c1-7(12)10(6-11)5-8-2-3-9(10)4-8/h7-9,12H,2-5H2,1H3. The molecule has 0 heterocycles. The van der Waals surface area contributed by atoms with E-state index < -0.39 is 6.10 Å². The molecule has 1 N–H and O–H groups in total. The van der Waals surface area contributed by atoms with Gasteiger partial charge >= 0.3 is 0 Å². The summed E-state index contributed by atoms with van der Waals surface area (Å²) in [6, 6.07) is 2.36. The quantitative estimate of drug-likeness (QED) is 0.642. The van der Waals surface area contributed by atoms with Gasteiger partial charge in [-0.15, -0.1) is 0 Å². The fraction of sp³-hybridized carbons (Fsp3) is 0.900. The number of hydrogen-bond donors (Lipinski definition) is 1. The predicted octanol–water partition coefficient (Wildman–Crippen LogP) is 1.70. The molecule has 66 valence electrons. The second kappa shape index (κ2) is 2.47. The van der Waals surface area contributed by atoms with E-state index in [-0.39, 0.29) is 5.41 Å². The van der Waals surface area contributed by atoms with Crippen LogP contribution in [0.1, 0.15) is 32.6 Å². The lowest BCUT2D eigenvalue weighted by Crippen LogP contribution is -2.36. The summed E-state index contributed by atoms with van der Waals surface area (Å²) in [7, 11) is 0. The molecule has 0 radical (unpaired) electrons. The molecule has 12 heavy (non-hydrogen) atoms. The monoisotopic (exact) mass is 165 g/mol. The highest BCUT2D eigenvalue weighted by atomic mass is 16.3. The predicted molar refractivity (Wildman–Crippen MR) is 45.2 cm³/mol. The molecule has 2 rings (SSSR count). The molecule has 0 aromatic heterocycles. The fourth-order valence-corrected chi connectivity index (χ4v) is 3.11. The second-order valence-electron chi connectivity index (χ2n) is 4.41. The molecule has 4 atom stereocenters. The maximum atomic E-state index is 9.60. The maximum absolute atomic E-state index is 9.60. The van der Waals surface area contributed by atoms with E-state index >= 15 is 0 Å². The van der Waals surface area contributed by atoms with Gasteiger partial charge in [-0.25, -0.2) is 0 Å². The van der Waals surface area contributed by atoms with E-state index in [2.05, 4.69) is 6.07 Å². The molecule has 2 aliphatic carbocycles. The summed E-state index contributed by atoms with van der Waals surface area (Å²) in [5.74, 6) is 1.21. The molecule has 0 amide bonds. The van der Waals surface area contributed by atoms with Crippen molar-refractivity contribution in [1.82, 2.24) is 0 Å². The molecule has 0 saturated heterocycles. The topological polar surface area (TPSA) is 44.0 Å². The molecule has 4 unspecified atom stereocenters. The zero-order valence-electron chi connectivity index (χ0n) is 7.45. The lowest BCUT2D eigenvalue weighted by Gasteiger charge is -2.33. The molecule has 0 aromatic carbocycles. The minimum absolute atomic E-state index is 0.386. The van der Waals surface area contributed by atoms with Crippen molar-refractivity contribution < 1.29 is 5.11 Å². The van der Waals surface area contributed by atoms with E-state index in [1.807, 2.05) is 0 Å². The number of fused-ring (bicyclic) bond motifs is 2. The molecule has 0 spiro atoms. The van der Waals surface area contributed by atoms with Gasteiger partial charge in [0.1, 0.15) is 0 Å². The van der Waals surface area contributed by atoms with Crippen molar-refractivity contribution in [2.45, 2.75) is 38.7 Å². The Morgan fingerprint density at radius 1 is 1.58 bits per heavy atom. The molecule has 0 aliphatic heterocycles. The highest BCUT2D eigenvalue weighted by Gasteiger charge is 2.53. The van der Waals surface area contributed by atoms with Crippen LogP contribution in [0.25, 0.3) is 0 Å². The molecule has 2 heteroatoms. The van der Waals surface area contributed by atoms with Crippen molar-refractivity contribution in [3.05, 3.63) is 0 Å². The largest absolute Gasteiger partial charge is 0.392 e. The Morgan fingerprint density at radius 3 is 2.58 bits per heavy atom. The van der Waals surface area contributed by atoms with Gasteiger partial charge in [-0.3, -0.25) is 0 Å². The number of hydrogen-bond acceptors (Lipinski definition) is 2. The summed E-state index contributed by atoms with van der Waals surface area (Å²) in [5, 5.41) is 18.7. The van der Waals surface area contributed by atoms with Crippen LogP contribution in [0, 0.1) is 28.6 Å². The molecule has 0 aromatic rings. The Kier molecular flexibility index (Phi) is 1.66. The van der Waals surface area contributed by atoms with Crippen molar-refractivity contribution in [3.63, 3.8) is 0 Å². The zero-order chi connectivity index (χ0) is 8.77. The van der Waals surface area contributed by atoms with E-state index in [0.717, 1.165) is 18.8 Å². The average Bonchev–Trinajstić information content (AvgIpc) is 2.62. The SMILES string of the molecule is CC(O)C1(C#N)CC2CCC1C2. The van der Waals surface area contributed by atoms with Crippen LogP contribution in [-0.2, 0) is 0 Å². The van der Waals surface area contributed by atoms with Gasteiger partial charge in [0, 0.05) is 0 Å². The number of aliphatic hydroxyl groups is 1. The summed E-state index contributed by atoms with van der Waals surface area (Å²) in [6.45, 7) is 1.77. The number of nitriles is 1. The Labute approximate surface area is 73.2 Å². The van der Waals surface area contributed by atoms with E-state index in [1.54, 1.807) is 6.92 Å². The van der Waals surface area contributed by atoms with E-state index in [9.17, 15) is 5.11 Å². The van der Waals surface area contributed by atoms with Crippen LogP contribution in [-0.4, -0.2) is 11.2 Å². The minimum Gasteiger partial charge on any atom is -0.392 e. The van der Waals surface area contributed by atoms with Crippen molar-refractivity contribution >= 4 is 0 Å². The summed E-state index contributed by atoms with van der Waals surface area (Å²) >= 11 is 0. The van der Waals surface area contributed by atoms with Gasteiger partial charge < -0.3 is 5.11 Å². The molecular weight excluding hydrogens is 150 g/mol. The number of aliphatic hydroxyl groups excluding tert-OH is 1. The van der Waals surface area contributed by atoms with Gasteiger partial charge in [0.2, 0.25) is 0 Å². The zero-order valence-corrected chi connectivity index (χ0v) is 7.45. The number of nitrogens with zero attached hydrogens (tertiary/aromatic N) is 1. The van der Waals surface area contributed by atoms with Gasteiger partial charge in [0.15, 0.2) is 0 Å². The van der Waals surface area contributed by atoms with Gasteiger partial charge in [0.25, 0.3) is 0 Å². The molecular formula is C10H15NO. The van der Waals surface area contributed by atoms with E-state index in [0.29, 0.717) is 5.92 Å². The van der Waals surface area contributed by atoms with Crippen LogP contribution in [0.2, 0.25) is 0 Å². The Balaban J connectivity index is 2.27. The van der Waals surface area contributed by atoms with Crippen molar-refractivity contribution in [3.8, 4) is 6.07 Å². The van der Waals surface area contributed by atoms with Crippen molar-refractivity contribution in [2.75, 3.05) is 0 Å². The van der Waals surface area contributed by atoms with Crippen LogP contribution in [0.3, 0.4) is 0 Å². The van der Waals surface area contributed by atoms with Crippen molar-refractivity contribution in [2.24, 2.45) is 17.3 Å². The molecule has 2 fully saturated rings. The molecule has 2 bridgehead atoms. The van der Waals surface area contributed by atoms with Gasteiger partial charge in [-0.2, -0.15) is 5.26 Å². The molecule has 2 nitrogen and oxygen atoms in total. The first-order valence-corrected chi connectivity index (χ1v) is 4.78. The summed E-state index contributed by atoms with van der Waals surface area (Å²) in [6.07, 6.45) is 4.10. The molecule has 2 saturated carbocycles. The Morgan fingerprint density at radius 2 is 2.33 bits per heavy atom. The average molecular weight is 165 g/mol. The maximum Gasteiger partial charge on any atom is 0.0860 e. The smallest absolute Gasteiger partial charge is 0.0860 e. The van der Waals surface area contributed by atoms with Gasteiger partial charge in [-0.1, -0.05) is 6.42 Å². The molecule has 2 aliphatic rings. The summed E-state index contributed by atoms with van der Waals surface area (Å²) in [5.41, 5.74) is -0.386. The lowest BCUT2D eigenvalue weighted by molar-refractivity contribution is 0.0388. The normalized spacial score (nSPS) is 47.4. The Hall–Kier alpha value is -0.550. The summed E-state index contributed by atoms with van der Waals surface area (Å²) < 4.78 is 0. The second-order valence-corrected chi connectivity index (χ2v) is 4.41. The van der Waals surface area contributed by atoms with Gasteiger partial charge in [-0.05, 0) is 38.0 Å². The van der Waals surface area contributed by atoms with Crippen LogP contribution < -0.4 is 0 Å². The summed E-state index contributed by atoms with van der Waals surface area (Å²) in [4.78, 5) is 0. The third-order valence-corrected chi connectivity index (χ3v) is 3.85. The van der Waals surface area contributed by atoms with Crippen molar-refractivity contribution in [1.29, 1.82) is 5.26 Å². The number of rotatable bonds is 1. The van der Waals surface area contributed by atoms with E-state index in [1.165, 1.54) is 12.8 Å². The first-order chi connectivity index (χ1) is 5.69. The third kappa shape index (κ3) is 0.834. The minimum atomic E-state index is -0.446. The van der Waals surface area contributed by atoms with Crippen LogP contribution in [0.15, 0.2) is 0 Å². The third-order valence-electron chi connectivity index (χ3n) is 3.85. The van der Waals surface area contributed by atoms with Crippen LogP contribution >= 0.6 is 0 Å².